The second-order valence-corrected chi connectivity index (χ2v) is 5.12. The lowest BCUT2D eigenvalue weighted by Gasteiger charge is -2.30. The predicted octanol–water partition coefficient (Wildman–Crippen LogP) is 3.08. The van der Waals surface area contributed by atoms with Gasteiger partial charge in [0.15, 0.2) is 0 Å². The molecule has 4 heteroatoms. The van der Waals surface area contributed by atoms with Crippen molar-refractivity contribution in [1.82, 2.24) is 9.97 Å². The second-order valence-electron chi connectivity index (χ2n) is 5.12. The van der Waals surface area contributed by atoms with Gasteiger partial charge in [-0.2, -0.15) is 0 Å². The van der Waals surface area contributed by atoms with Crippen LogP contribution in [0.15, 0.2) is 42.9 Å². The fourth-order valence-corrected chi connectivity index (χ4v) is 2.64. The Bertz CT molecular complexity index is 535. The summed E-state index contributed by atoms with van der Waals surface area (Å²) in [6, 6.07) is 8.52. The Morgan fingerprint density at radius 2 is 1.90 bits per heavy atom. The Labute approximate surface area is 119 Å². The average Bonchev–Trinajstić information content (AvgIpc) is 2.55. The van der Waals surface area contributed by atoms with Crippen LogP contribution in [0.2, 0.25) is 0 Å². The molecule has 0 aliphatic carbocycles. The van der Waals surface area contributed by atoms with E-state index >= 15 is 0 Å². The summed E-state index contributed by atoms with van der Waals surface area (Å²) in [4.78, 5) is 10.9. The quantitative estimate of drug-likeness (QED) is 0.925. The molecule has 0 bridgehead atoms. The fourth-order valence-electron chi connectivity index (χ4n) is 2.64. The van der Waals surface area contributed by atoms with Crippen molar-refractivity contribution in [2.24, 2.45) is 0 Å². The smallest absolute Gasteiger partial charge is 0.0777 e. The van der Waals surface area contributed by atoms with Gasteiger partial charge in [-0.15, -0.1) is 0 Å². The highest BCUT2D eigenvalue weighted by molar-refractivity contribution is 5.70. The summed E-state index contributed by atoms with van der Waals surface area (Å²) >= 11 is 0. The zero-order chi connectivity index (χ0) is 13.6. The van der Waals surface area contributed by atoms with Gasteiger partial charge in [-0.3, -0.25) is 9.97 Å². The highest BCUT2D eigenvalue weighted by Crippen LogP contribution is 2.28. The summed E-state index contributed by atoms with van der Waals surface area (Å²) in [5, 5.41) is 3.48. The summed E-state index contributed by atoms with van der Waals surface area (Å²) in [6.45, 7) is 3.02. The number of para-hydroxylation sites is 2. The molecule has 0 unspecified atom stereocenters. The summed E-state index contributed by atoms with van der Waals surface area (Å²) in [5.41, 5.74) is 3.44. The lowest BCUT2D eigenvalue weighted by atomic mass is 10.1. The van der Waals surface area contributed by atoms with Gasteiger partial charge in [-0.1, -0.05) is 12.1 Å². The number of nitrogens with zero attached hydrogens (tertiary/aromatic N) is 3. The monoisotopic (exact) mass is 268 g/mol. The number of aromatic nitrogens is 2. The molecule has 1 aromatic carbocycles. The van der Waals surface area contributed by atoms with E-state index in [1.807, 2.05) is 0 Å². The van der Waals surface area contributed by atoms with Crippen molar-refractivity contribution in [3.05, 3.63) is 48.5 Å². The van der Waals surface area contributed by atoms with Crippen molar-refractivity contribution in [1.29, 1.82) is 0 Å². The van der Waals surface area contributed by atoms with Crippen molar-refractivity contribution in [3.63, 3.8) is 0 Å². The van der Waals surface area contributed by atoms with Gasteiger partial charge in [-0.25, -0.2) is 0 Å². The van der Waals surface area contributed by atoms with E-state index < -0.39 is 0 Å². The molecule has 4 nitrogen and oxygen atoms in total. The Kier molecular flexibility index (Phi) is 4.11. The topological polar surface area (TPSA) is 41.0 Å². The molecule has 1 saturated heterocycles. The van der Waals surface area contributed by atoms with Gasteiger partial charge in [0.25, 0.3) is 0 Å². The fraction of sp³-hybridized carbons (Fsp3) is 0.375. The molecule has 0 saturated carbocycles. The maximum Gasteiger partial charge on any atom is 0.0777 e. The normalized spacial score (nSPS) is 15.1. The average molecular weight is 268 g/mol. The first-order chi connectivity index (χ1) is 9.93. The molecule has 20 heavy (non-hydrogen) atoms. The zero-order valence-electron chi connectivity index (χ0n) is 11.6. The van der Waals surface area contributed by atoms with Gasteiger partial charge >= 0.3 is 0 Å². The summed E-state index contributed by atoms with van der Waals surface area (Å²) in [7, 11) is 0. The Hall–Kier alpha value is -2.10. The number of rotatable bonds is 4. The molecule has 104 valence electrons. The number of hydrogen-bond acceptors (Lipinski definition) is 4. The molecule has 3 rings (SSSR count). The molecule has 1 aliphatic heterocycles. The number of nitrogens with one attached hydrogen (secondary N) is 1. The largest absolute Gasteiger partial charge is 0.378 e. The van der Waals surface area contributed by atoms with Crippen molar-refractivity contribution >= 4 is 11.4 Å². The van der Waals surface area contributed by atoms with Crippen molar-refractivity contribution < 1.29 is 0 Å². The van der Waals surface area contributed by atoms with Gasteiger partial charge in [0.05, 0.1) is 29.8 Å². The van der Waals surface area contributed by atoms with Crippen LogP contribution < -0.4 is 10.2 Å². The SMILES string of the molecule is c1ccc(N2CCCCC2)c(NCc2cnccn2)c1. The van der Waals surface area contributed by atoms with Crippen LogP contribution in [0.3, 0.4) is 0 Å². The summed E-state index contributed by atoms with van der Waals surface area (Å²) in [5.74, 6) is 0. The molecule has 0 amide bonds. The van der Waals surface area contributed by atoms with Crippen LogP contribution in [0.1, 0.15) is 25.0 Å². The third-order valence-electron chi connectivity index (χ3n) is 3.68. The third kappa shape index (κ3) is 3.07. The van der Waals surface area contributed by atoms with E-state index in [0.29, 0.717) is 6.54 Å². The zero-order valence-corrected chi connectivity index (χ0v) is 11.6. The molecule has 0 atom stereocenters. The first kappa shape index (κ1) is 12.9. The van der Waals surface area contributed by atoms with Crippen LogP contribution in [0.4, 0.5) is 11.4 Å². The molecule has 1 fully saturated rings. The van der Waals surface area contributed by atoms with Gasteiger partial charge in [0.1, 0.15) is 0 Å². The molecule has 2 aromatic rings. The van der Waals surface area contributed by atoms with Gasteiger partial charge < -0.3 is 10.2 Å². The van der Waals surface area contributed by atoms with Crippen molar-refractivity contribution in [2.45, 2.75) is 25.8 Å². The minimum Gasteiger partial charge on any atom is -0.378 e. The van der Waals surface area contributed by atoms with Crippen LogP contribution in [0.25, 0.3) is 0 Å². The first-order valence-corrected chi connectivity index (χ1v) is 7.26. The standard InChI is InChI=1S/C16H20N4/c1-4-10-20(11-5-1)16-7-3-2-6-15(16)19-13-14-12-17-8-9-18-14/h2-3,6-9,12,19H,1,4-5,10-11,13H2. The molecule has 0 spiro atoms. The lowest BCUT2D eigenvalue weighted by molar-refractivity contribution is 0.578. The van der Waals surface area contributed by atoms with E-state index in [1.165, 1.54) is 30.6 Å². The van der Waals surface area contributed by atoms with E-state index in [0.717, 1.165) is 18.8 Å². The number of anilines is 2. The van der Waals surface area contributed by atoms with E-state index in [2.05, 4.69) is 44.5 Å². The summed E-state index contributed by atoms with van der Waals surface area (Å²) in [6.07, 6.45) is 9.16. The maximum atomic E-state index is 4.30. The number of benzene rings is 1. The number of piperidine rings is 1. The third-order valence-corrected chi connectivity index (χ3v) is 3.68. The highest BCUT2D eigenvalue weighted by Gasteiger charge is 2.13. The molecular formula is C16H20N4. The summed E-state index contributed by atoms with van der Waals surface area (Å²) < 4.78 is 0. The molecular weight excluding hydrogens is 248 g/mol. The van der Waals surface area contributed by atoms with Gasteiger partial charge in [0, 0.05) is 25.5 Å². The van der Waals surface area contributed by atoms with E-state index in [4.69, 9.17) is 0 Å². The van der Waals surface area contributed by atoms with Gasteiger partial charge in [0.2, 0.25) is 0 Å². The minimum atomic E-state index is 0.707. The first-order valence-electron chi connectivity index (χ1n) is 7.26. The Morgan fingerprint density at radius 3 is 2.70 bits per heavy atom. The maximum absolute atomic E-state index is 4.30. The lowest BCUT2D eigenvalue weighted by Crippen LogP contribution is -2.30. The second kappa shape index (κ2) is 6.37. The van der Waals surface area contributed by atoms with Crippen molar-refractivity contribution in [2.75, 3.05) is 23.3 Å². The number of hydrogen-bond donors (Lipinski definition) is 1. The van der Waals surface area contributed by atoms with Crippen LogP contribution in [-0.2, 0) is 6.54 Å². The molecule has 2 heterocycles. The molecule has 1 N–H and O–H groups in total. The molecule has 1 aromatic heterocycles. The van der Waals surface area contributed by atoms with E-state index in [1.54, 1.807) is 18.6 Å². The van der Waals surface area contributed by atoms with Crippen LogP contribution in [0.5, 0.6) is 0 Å². The van der Waals surface area contributed by atoms with E-state index in [9.17, 15) is 0 Å². The van der Waals surface area contributed by atoms with E-state index in [-0.39, 0.29) is 0 Å². The minimum absolute atomic E-state index is 0.707. The molecule has 0 radical (unpaired) electrons. The predicted molar refractivity (Wildman–Crippen MR) is 81.9 cm³/mol. The Balaban J connectivity index is 1.72. The van der Waals surface area contributed by atoms with Crippen molar-refractivity contribution in [3.8, 4) is 0 Å². The van der Waals surface area contributed by atoms with Crippen LogP contribution in [-0.4, -0.2) is 23.1 Å². The van der Waals surface area contributed by atoms with Crippen LogP contribution >= 0.6 is 0 Å². The highest BCUT2D eigenvalue weighted by atomic mass is 15.1. The van der Waals surface area contributed by atoms with Crippen LogP contribution in [0, 0.1) is 0 Å². The molecule has 1 aliphatic rings. The Morgan fingerprint density at radius 1 is 1.05 bits per heavy atom. The van der Waals surface area contributed by atoms with Gasteiger partial charge in [-0.05, 0) is 31.4 Å².